The molecule has 0 saturated heterocycles. The van der Waals surface area contributed by atoms with E-state index in [1.165, 1.54) is 0 Å². The molecule has 0 aliphatic heterocycles. The lowest BCUT2D eigenvalue weighted by Crippen LogP contribution is -2.00. The summed E-state index contributed by atoms with van der Waals surface area (Å²) < 4.78 is 6.16. The summed E-state index contributed by atoms with van der Waals surface area (Å²) in [4.78, 5) is 14.5. The van der Waals surface area contributed by atoms with E-state index in [-0.39, 0.29) is 0 Å². The fraction of sp³-hybridized carbons (Fsp3) is 0. The molecule has 0 amide bonds. The number of aromatic nitrogens is 3. The van der Waals surface area contributed by atoms with Gasteiger partial charge in [-0.05, 0) is 53.6 Å². The largest absolute Gasteiger partial charge is 0.456 e. The van der Waals surface area contributed by atoms with Crippen LogP contribution in [0.25, 0.3) is 67.2 Å². The number of furan rings is 1. The Morgan fingerprint density at radius 2 is 0.923 bits per heavy atom. The van der Waals surface area contributed by atoms with Gasteiger partial charge < -0.3 is 4.42 Å². The van der Waals surface area contributed by atoms with Crippen LogP contribution in [0.15, 0.2) is 126 Å². The molecule has 7 rings (SSSR count). The van der Waals surface area contributed by atoms with Gasteiger partial charge in [-0.2, -0.15) is 5.26 Å². The molecule has 7 aromatic rings. The van der Waals surface area contributed by atoms with E-state index in [0.717, 1.165) is 49.8 Å². The van der Waals surface area contributed by atoms with Crippen molar-refractivity contribution >= 4 is 21.9 Å². The lowest BCUT2D eigenvalue weighted by Gasteiger charge is -2.08. The molecule has 0 radical (unpaired) electrons. The van der Waals surface area contributed by atoms with E-state index in [9.17, 15) is 0 Å². The maximum atomic E-state index is 9.14. The average Bonchev–Trinajstić information content (AvgIpc) is 3.39. The summed E-state index contributed by atoms with van der Waals surface area (Å²) >= 11 is 0. The van der Waals surface area contributed by atoms with E-state index in [0.29, 0.717) is 23.0 Å². The highest BCUT2D eigenvalue weighted by atomic mass is 16.3. The van der Waals surface area contributed by atoms with Gasteiger partial charge in [0.15, 0.2) is 17.5 Å². The van der Waals surface area contributed by atoms with Gasteiger partial charge in [0.25, 0.3) is 0 Å². The van der Waals surface area contributed by atoms with E-state index < -0.39 is 0 Å². The maximum absolute atomic E-state index is 9.14. The Kier molecular flexibility index (Phi) is 5.42. The van der Waals surface area contributed by atoms with Crippen molar-refractivity contribution in [1.29, 1.82) is 5.26 Å². The molecule has 5 heteroatoms. The Morgan fingerprint density at radius 3 is 1.46 bits per heavy atom. The quantitative estimate of drug-likeness (QED) is 0.243. The second-order valence-corrected chi connectivity index (χ2v) is 9.25. The van der Waals surface area contributed by atoms with Crippen molar-refractivity contribution < 1.29 is 4.42 Å². The molecule has 0 atom stereocenters. The molecular formula is C34H20N4O. The van der Waals surface area contributed by atoms with Crippen LogP contribution in [0.5, 0.6) is 0 Å². The van der Waals surface area contributed by atoms with Crippen LogP contribution in [-0.2, 0) is 0 Å². The Morgan fingerprint density at radius 1 is 0.462 bits per heavy atom. The third-order valence-electron chi connectivity index (χ3n) is 6.77. The molecular weight excluding hydrogens is 480 g/mol. The molecule has 5 nitrogen and oxygen atoms in total. The van der Waals surface area contributed by atoms with Crippen LogP contribution in [0.3, 0.4) is 0 Å². The van der Waals surface area contributed by atoms with Crippen LogP contribution < -0.4 is 0 Å². The summed E-state index contributed by atoms with van der Waals surface area (Å²) in [6.07, 6.45) is 0. The van der Waals surface area contributed by atoms with E-state index in [1.54, 1.807) is 0 Å². The smallest absolute Gasteiger partial charge is 0.164 e. The highest BCUT2D eigenvalue weighted by Gasteiger charge is 2.15. The Hall–Kier alpha value is -5.60. The first-order valence-electron chi connectivity index (χ1n) is 12.6. The number of hydrogen-bond donors (Lipinski definition) is 0. The van der Waals surface area contributed by atoms with Crippen LogP contribution in [0.1, 0.15) is 5.56 Å². The molecule has 39 heavy (non-hydrogen) atoms. The van der Waals surface area contributed by atoms with Crippen LogP contribution >= 0.6 is 0 Å². The van der Waals surface area contributed by atoms with E-state index in [4.69, 9.17) is 24.6 Å². The van der Waals surface area contributed by atoms with Crippen molar-refractivity contribution in [3.63, 3.8) is 0 Å². The predicted octanol–water partition coefficient (Wildman–Crippen LogP) is 8.31. The molecule has 0 unspecified atom stereocenters. The topological polar surface area (TPSA) is 75.6 Å². The number of fused-ring (bicyclic) bond motifs is 3. The van der Waals surface area contributed by atoms with E-state index in [2.05, 4.69) is 18.2 Å². The van der Waals surface area contributed by atoms with Gasteiger partial charge in [-0.3, -0.25) is 0 Å². The third-order valence-corrected chi connectivity index (χ3v) is 6.77. The van der Waals surface area contributed by atoms with Crippen LogP contribution in [0.2, 0.25) is 0 Å². The van der Waals surface area contributed by atoms with Gasteiger partial charge in [-0.15, -0.1) is 0 Å². The maximum Gasteiger partial charge on any atom is 0.164 e. The Bertz CT molecular complexity index is 1950. The van der Waals surface area contributed by atoms with Crippen molar-refractivity contribution in [2.45, 2.75) is 0 Å². The van der Waals surface area contributed by atoms with Crippen LogP contribution in [0.4, 0.5) is 0 Å². The molecule has 0 N–H and O–H groups in total. The highest BCUT2D eigenvalue weighted by molar-refractivity contribution is 6.07. The molecule has 5 aromatic carbocycles. The monoisotopic (exact) mass is 500 g/mol. The van der Waals surface area contributed by atoms with Crippen molar-refractivity contribution in [2.24, 2.45) is 0 Å². The van der Waals surface area contributed by atoms with Crippen molar-refractivity contribution in [1.82, 2.24) is 15.0 Å². The number of nitrogens with zero attached hydrogens (tertiary/aromatic N) is 4. The minimum absolute atomic E-state index is 0.599. The molecule has 0 saturated carbocycles. The Labute approximate surface area is 224 Å². The number of hydrogen-bond acceptors (Lipinski definition) is 5. The first-order valence-corrected chi connectivity index (χ1v) is 12.6. The lowest BCUT2D eigenvalue weighted by atomic mass is 10.0. The molecule has 2 aromatic heterocycles. The van der Waals surface area contributed by atoms with Crippen LogP contribution in [0, 0.1) is 11.3 Å². The number of nitriles is 1. The summed E-state index contributed by atoms with van der Waals surface area (Å²) in [6, 6.07) is 41.9. The average molecular weight is 501 g/mol. The van der Waals surface area contributed by atoms with E-state index in [1.807, 2.05) is 109 Å². The minimum atomic E-state index is 0.599. The second-order valence-electron chi connectivity index (χ2n) is 9.25. The normalized spacial score (nSPS) is 11.1. The van der Waals surface area contributed by atoms with Crippen molar-refractivity contribution in [3.8, 4) is 51.4 Å². The van der Waals surface area contributed by atoms with Gasteiger partial charge in [0.05, 0.1) is 11.6 Å². The van der Waals surface area contributed by atoms with Gasteiger partial charge >= 0.3 is 0 Å². The SMILES string of the molecule is N#Cc1ccc(-c2ccc3oc4ccc(-c5nc(-c6ccccc6)nc(-c6ccccc6)n5)cc4c3c2)cc1. The van der Waals surface area contributed by atoms with Gasteiger partial charge in [-0.1, -0.05) is 78.9 Å². The zero-order chi connectivity index (χ0) is 26.2. The molecule has 0 fully saturated rings. The van der Waals surface area contributed by atoms with Crippen LogP contribution in [-0.4, -0.2) is 15.0 Å². The van der Waals surface area contributed by atoms with Crippen molar-refractivity contribution in [3.05, 3.63) is 127 Å². The first kappa shape index (κ1) is 22.6. The summed E-state index contributed by atoms with van der Waals surface area (Å²) in [5.74, 6) is 1.85. The minimum Gasteiger partial charge on any atom is -0.456 e. The lowest BCUT2D eigenvalue weighted by molar-refractivity contribution is 0.669. The highest BCUT2D eigenvalue weighted by Crippen LogP contribution is 2.35. The summed E-state index contributed by atoms with van der Waals surface area (Å²) in [6.45, 7) is 0. The second kappa shape index (κ2) is 9.37. The Balaban J connectivity index is 1.39. The number of benzene rings is 5. The summed E-state index contributed by atoms with van der Waals surface area (Å²) in [7, 11) is 0. The van der Waals surface area contributed by atoms with Gasteiger partial charge in [-0.25, -0.2) is 15.0 Å². The number of rotatable bonds is 4. The van der Waals surface area contributed by atoms with E-state index >= 15 is 0 Å². The van der Waals surface area contributed by atoms with Gasteiger partial charge in [0.2, 0.25) is 0 Å². The predicted molar refractivity (Wildman–Crippen MR) is 154 cm³/mol. The first-order chi connectivity index (χ1) is 19.2. The molecule has 0 bridgehead atoms. The molecule has 0 aliphatic rings. The summed E-state index contributed by atoms with van der Waals surface area (Å²) in [5.41, 5.74) is 7.08. The fourth-order valence-corrected chi connectivity index (χ4v) is 4.77. The molecule has 2 heterocycles. The molecule has 0 spiro atoms. The summed E-state index contributed by atoms with van der Waals surface area (Å²) in [5, 5.41) is 11.1. The molecule has 182 valence electrons. The van der Waals surface area contributed by atoms with Crippen molar-refractivity contribution in [2.75, 3.05) is 0 Å². The molecule has 0 aliphatic carbocycles. The van der Waals surface area contributed by atoms with Gasteiger partial charge in [0.1, 0.15) is 11.2 Å². The fourth-order valence-electron chi connectivity index (χ4n) is 4.77. The standard InChI is InChI=1S/C34H20N4O/c35-21-22-11-13-23(14-12-22)26-15-17-30-28(19-26)29-20-27(16-18-31(29)39-30)34-37-32(24-7-3-1-4-8-24)36-33(38-34)25-9-5-2-6-10-25/h1-20H. The zero-order valence-corrected chi connectivity index (χ0v) is 20.7. The zero-order valence-electron chi connectivity index (χ0n) is 20.7. The third kappa shape index (κ3) is 4.20. The van der Waals surface area contributed by atoms with Gasteiger partial charge in [0, 0.05) is 27.5 Å².